The number of rotatable bonds is 5. The first-order valence-electron chi connectivity index (χ1n) is 12.7. The zero-order valence-electron chi connectivity index (χ0n) is 22.3. The first-order chi connectivity index (χ1) is 19.7. The molecule has 3 aromatic heterocycles. The van der Waals surface area contributed by atoms with E-state index in [9.17, 15) is 14.3 Å². The van der Waals surface area contributed by atoms with E-state index < -0.39 is 17.4 Å². The van der Waals surface area contributed by atoms with Gasteiger partial charge < -0.3 is 25.2 Å². The third-order valence-electron chi connectivity index (χ3n) is 7.19. The van der Waals surface area contributed by atoms with E-state index in [1.54, 1.807) is 12.3 Å². The van der Waals surface area contributed by atoms with Crippen LogP contribution in [0.15, 0.2) is 42.6 Å². The highest BCUT2D eigenvalue weighted by atomic mass is 19.1. The van der Waals surface area contributed by atoms with Crippen LogP contribution in [0.5, 0.6) is 17.6 Å². The monoisotopic (exact) mass is 558 g/mol. The highest BCUT2D eigenvalue weighted by molar-refractivity contribution is 6.13. The number of ether oxygens (including phenoxy) is 2. The molecule has 208 valence electrons. The van der Waals surface area contributed by atoms with Crippen molar-refractivity contribution in [3.8, 4) is 28.9 Å². The van der Waals surface area contributed by atoms with E-state index in [1.165, 1.54) is 32.2 Å². The van der Waals surface area contributed by atoms with Crippen molar-refractivity contribution in [2.24, 2.45) is 0 Å². The van der Waals surface area contributed by atoms with Gasteiger partial charge in [-0.25, -0.2) is 18.7 Å². The molecule has 1 aliphatic heterocycles. The molecule has 0 saturated heterocycles. The number of anilines is 2. The van der Waals surface area contributed by atoms with Gasteiger partial charge >= 0.3 is 6.01 Å². The van der Waals surface area contributed by atoms with Crippen LogP contribution in [0.25, 0.3) is 32.9 Å². The summed E-state index contributed by atoms with van der Waals surface area (Å²) in [6, 6.07) is 8.28. The first kappa shape index (κ1) is 26.1. The number of aromatic hydroxyl groups is 1. The Hall–Kier alpha value is -5.13. The van der Waals surface area contributed by atoms with Crippen LogP contribution >= 0.6 is 0 Å². The molecule has 5 aromatic rings. The van der Waals surface area contributed by atoms with Crippen molar-refractivity contribution in [3.05, 3.63) is 65.4 Å². The fourth-order valence-corrected chi connectivity index (χ4v) is 5.32. The minimum atomic E-state index is -0.893. The minimum absolute atomic E-state index is 0.000633. The molecule has 1 aliphatic rings. The topological polar surface area (TPSA) is 137 Å². The Morgan fingerprint density at radius 3 is 2.71 bits per heavy atom. The summed E-state index contributed by atoms with van der Waals surface area (Å²) in [7, 11) is 1.36. The maximum absolute atomic E-state index is 16.6. The second-order valence-corrected chi connectivity index (χ2v) is 9.60. The Kier molecular flexibility index (Phi) is 6.24. The summed E-state index contributed by atoms with van der Waals surface area (Å²) in [5.41, 5.74) is 6.19. The van der Waals surface area contributed by atoms with Gasteiger partial charge in [0.05, 0.1) is 25.3 Å². The Balaban J connectivity index is 1.66. The van der Waals surface area contributed by atoms with Gasteiger partial charge in [-0.1, -0.05) is 12.1 Å². The molecule has 1 atom stereocenters. The molecule has 3 N–H and O–H groups in total. The van der Waals surface area contributed by atoms with Crippen LogP contribution in [-0.4, -0.2) is 51.1 Å². The fraction of sp³-hybridized carbons (Fsp3) is 0.207. The summed E-state index contributed by atoms with van der Waals surface area (Å²) >= 11 is 0. The number of Topliss-reactive ketones (excluding diaryl/α,β-unsaturated/α-hetero) is 1. The van der Waals surface area contributed by atoms with E-state index in [0.29, 0.717) is 23.6 Å². The predicted octanol–water partition coefficient (Wildman–Crippen LogP) is 4.98. The fourth-order valence-electron chi connectivity index (χ4n) is 5.32. The maximum Gasteiger partial charge on any atom is 0.318 e. The van der Waals surface area contributed by atoms with E-state index in [4.69, 9.17) is 15.2 Å². The second-order valence-electron chi connectivity index (χ2n) is 9.60. The molecule has 4 heterocycles. The zero-order chi connectivity index (χ0) is 29.0. The van der Waals surface area contributed by atoms with Crippen LogP contribution in [-0.2, 0) is 0 Å². The normalized spacial score (nSPS) is 13.6. The number of carbonyl (C=O) groups excluding carboxylic acids is 1. The van der Waals surface area contributed by atoms with Crippen molar-refractivity contribution < 1.29 is 28.2 Å². The lowest BCUT2D eigenvalue weighted by atomic mass is 9.94. The molecule has 0 amide bonds. The number of hydrogen-bond donors (Lipinski definition) is 2. The number of carbonyl (C=O) groups is 1. The number of methoxy groups -OCH3 is 1. The van der Waals surface area contributed by atoms with Crippen LogP contribution < -0.4 is 20.1 Å². The first-order valence-corrected chi connectivity index (χ1v) is 12.7. The van der Waals surface area contributed by atoms with Gasteiger partial charge in [-0.2, -0.15) is 9.97 Å². The van der Waals surface area contributed by atoms with Crippen molar-refractivity contribution in [1.82, 2.24) is 19.9 Å². The molecular weight excluding hydrogens is 534 g/mol. The summed E-state index contributed by atoms with van der Waals surface area (Å²) in [5.74, 6) is -1.79. The Labute approximate surface area is 232 Å². The number of pyridine rings is 2. The number of nitrogens with zero attached hydrogens (tertiary/aromatic N) is 5. The Morgan fingerprint density at radius 1 is 1.17 bits per heavy atom. The van der Waals surface area contributed by atoms with Gasteiger partial charge in [0.1, 0.15) is 46.4 Å². The summed E-state index contributed by atoms with van der Waals surface area (Å²) in [5, 5.41) is 11.1. The van der Waals surface area contributed by atoms with Crippen LogP contribution in [0.1, 0.15) is 35.8 Å². The molecule has 12 heteroatoms. The standard InChI is InChI=1S/C29H24F2N6O4/c1-13(17-5-4-8-33-26(17)32)37-9-10-41-28-22-25(35-29(40-3)36-27(22)37)23(31)24(34-28)18-12-16(39)11-15-6-7-19(30)20(14(2)38)21(15)18/h4-8,11-13,39H,9-10H2,1-3H3,(H2,32,33). The van der Waals surface area contributed by atoms with Gasteiger partial charge in [-0.15, -0.1) is 0 Å². The van der Waals surface area contributed by atoms with Crippen molar-refractivity contribution >= 4 is 39.1 Å². The molecule has 0 spiro atoms. The number of benzene rings is 2. The summed E-state index contributed by atoms with van der Waals surface area (Å²) in [6.45, 7) is 3.59. The van der Waals surface area contributed by atoms with E-state index in [1.807, 2.05) is 17.9 Å². The van der Waals surface area contributed by atoms with Crippen molar-refractivity contribution in [2.75, 3.05) is 30.9 Å². The molecule has 0 fully saturated rings. The molecule has 41 heavy (non-hydrogen) atoms. The van der Waals surface area contributed by atoms with Crippen LogP contribution in [0.4, 0.5) is 20.4 Å². The molecule has 0 saturated carbocycles. The molecular formula is C29H24F2N6O4. The van der Waals surface area contributed by atoms with Crippen molar-refractivity contribution in [1.29, 1.82) is 0 Å². The number of phenolic OH excluding ortho intramolecular Hbond substituents is 1. The smallest absolute Gasteiger partial charge is 0.318 e. The number of aromatic nitrogens is 4. The number of ketones is 1. The molecule has 0 bridgehead atoms. The maximum atomic E-state index is 16.6. The number of hydrogen-bond acceptors (Lipinski definition) is 10. The minimum Gasteiger partial charge on any atom is -0.508 e. The number of nitrogens with two attached hydrogens (primary N) is 1. The highest BCUT2D eigenvalue weighted by Crippen LogP contribution is 2.44. The third-order valence-corrected chi connectivity index (χ3v) is 7.19. The second kappa shape index (κ2) is 9.81. The summed E-state index contributed by atoms with van der Waals surface area (Å²) in [4.78, 5) is 31.9. The van der Waals surface area contributed by atoms with E-state index in [-0.39, 0.29) is 63.4 Å². The number of phenols is 1. The van der Waals surface area contributed by atoms with Gasteiger partial charge in [0.25, 0.3) is 0 Å². The predicted molar refractivity (Wildman–Crippen MR) is 148 cm³/mol. The van der Waals surface area contributed by atoms with E-state index in [2.05, 4.69) is 19.9 Å². The largest absolute Gasteiger partial charge is 0.508 e. The van der Waals surface area contributed by atoms with Gasteiger partial charge in [0, 0.05) is 22.7 Å². The van der Waals surface area contributed by atoms with Crippen LogP contribution in [0.3, 0.4) is 0 Å². The summed E-state index contributed by atoms with van der Waals surface area (Å²) in [6.07, 6.45) is 1.59. The van der Waals surface area contributed by atoms with E-state index in [0.717, 1.165) is 11.6 Å². The summed E-state index contributed by atoms with van der Waals surface area (Å²) < 4.78 is 42.8. The molecule has 0 aliphatic carbocycles. The molecule has 2 aromatic carbocycles. The molecule has 1 unspecified atom stereocenters. The average molecular weight is 559 g/mol. The van der Waals surface area contributed by atoms with Crippen molar-refractivity contribution in [2.45, 2.75) is 19.9 Å². The Morgan fingerprint density at radius 2 is 1.98 bits per heavy atom. The SMILES string of the molecule is COc1nc2c3c(nc(-c4cc(O)cc5ccc(F)c(C(C)=O)c45)c(F)c3n1)OCCN2C(C)c1cccnc1N. The lowest BCUT2D eigenvalue weighted by molar-refractivity contribution is 0.101. The quantitative estimate of drug-likeness (QED) is 0.284. The number of nitrogen functional groups attached to an aromatic ring is 1. The van der Waals surface area contributed by atoms with Crippen LogP contribution in [0, 0.1) is 11.6 Å². The van der Waals surface area contributed by atoms with E-state index >= 15 is 4.39 Å². The van der Waals surface area contributed by atoms with Crippen molar-refractivity contribution in [3.63, 3.8) is 0 Å². The average Bonchev–Trinajstić information content (AvgIpc) is 3.13. The Bertz CT molecular complexity index is 1880. The molecule has 0 radical (unpaired) electrons. The number of halogens is 2. The van der Waals surface area contributed by atoms with Gasteiger partial charge in [-0.3, -0.25) is 4.79 Å². The highest BCUT2D eigenvalue weighted by Gasteiger charge is 2.32. The lowest BCUT2D eigenvalue weighted by Gasteiger charge is -2.30. The van der Waals surface area contributed by atoms with Crippen LogP contribution in [0.2, 0.25) is 0 Å². The van der Waals surface area contributed by atoms with Gasteiger partial charge in [0.15, 0.2) is 11.6 Å². The lowest BCUT2D eigenvalue weighted by Crippen LogP contribution is -2.31. The zero-order valence-corrected chi connectivity index (χ0v) is 22.3. The third kappa shape index (κ3) is 4.19. The van der Waals surface area contributed by atoms with Gasteiger partial charge in [-0.05, 0) is 43.5 Å². The molecule has 10 nitrogen and oxygen atoms in total. The molecule has 6 rings (SSSR count). The van der Waals surface area contributed by atoms with Gasteiger partial charge in [0.2, 0.25) is 5.88 Å². The number of fused-ring (bicyclic) bond motifs is 1.